The second kappa shape index (κ2) is 8.35. The summed E-state index contributed by atoms with van der Waals surface area (Å²) in [6.07, 6.45) is 8.55. The summed E-state index contributed by atoms with van der Waals surface area (Å²) >= 11 is 1.50. The van der Waals surface area contributed by atoms with E-state index in [0.717, 1.165) is 34.0 Å². The molecule has 2 aliphatic rings. The molecule has 9 nitrogen and oxygen atoms in total. The van der Waals surface area contributed by atoms with Gasteiger partial charge in [-0.3, -0.25) is 14.3 Å². The molecule has 1 saturated carbocycles. The Morgan fingerprint density at radius 3 is 2.91 bits per heavy atom. The van der Waals surface area contributed by atoms with Crippen LogP contribution in [0.3, 0.4) is 0 Å². The molecule has 6 rings (SSSR count). The molecule has 34 heavy (non-hydrogen) atoms. The second-order valence-corrected chi connectivity index (χ2v) is 10.1. The van der Waals surface area contributed by atoms with Crippen LogP contribution in [0.15, 0.2) is 36.1 Å². The standard InChI is InChI=1S/C24H25N7O2S/c1-15-2-5-20-27-18(14-30(20)11-15)24(33)29-8-6-19-17(13-29)22(28-31(19)12-16-3-4-16)23(32)26-10-21-25-7-9-34-21/h2,5,7,9,11,14,16H,3-4,6,8,10,12-13H2,1H3,(H,26,32). The maximum absolute atomic E-state index is 13.3. The zero-order valence-corrected chi connectivity index (χ0v) is 19.7. The molecular weight excluding hydrogens is 450 g/mol. The number of amides is 2. The zero-order valence-electron chi connectivity index (χ0n) is 18.9. The average molecular weight is 476 g/mol. The topological polar surface area (TPSA) is 97.4 Å². The molecule has 0 unspecified atom stereocenters. The van der Waals surface area contributed by atoms with Gasteiger partial charge < -0.3 is 14.6 Å². The van der Waals surface area contributed by atoms with Gasteiger partial charge in [0.2, 0.25) is 0 Å². The van der Waals surface area contributed by atoms with E-state index >= 15 is 0 Å². The van der Waals surface area contributed by atoms with E-state index in [9.17, 15) is 9.59 Å². The molecule has 1 aliphatic carbocycles. The fourth-order valence-corrected chi connectivity index (χ4v) is 5.05. The van der Waals surface area contributed by atoms with Crippen molar-refractivity contribution in [1.29, 1.82) is 0 Å². The van der Waals surface area contributed by atoms with Gasteiger partial charge in [-0.2, -0.15) is 5.10 Å². The summed E-state index contributed by atoms with van der Waals surface area (Å²) in [6, 6.07) is 3.89. The van der Waals surface area contributed by atoms with Gasteiger partial charge in [0.1, 0.15) is 16.3 Å². The van der Waals surface area contributed by atoms with Crippen LogP contribution in [0.4, 0.5) is 0 Å². The Balaban J connectivity index is 1.26. The molecular formula is C24H25N7O2S. The Hall–Kier alpha value is -3.53. The van der Waals surface area contributed by atoms with Crippen LogP contribution in [-0.2, 0) is 26.1 Å². The third kappa shape index (κ3) is 3.98. The molecule has 0 atom stereocenters. The zero-order chi connectivity index (χ0) is 23.2. The predicted molar refractivity (Wildman–Crippen MR) is 127 cm³/mol. The summed E-state index contributed by atoms with van der Waals surface area (Å²) in [6.45, 7) is 4.14. The van der Waals surface area contributed by atoms with Crippen molar-refractivity contribution in [2.75, 3.05) is 6.54 Å². The smallest absolute Gasteiger partial charge is 0.274 e. The van der Waals surface area contributed by atoms with E-state index in [1.165, 1.54) is 24.2 Å². The molecule has 174 valence electrons. The number of aryl methyl sites for hydroxylation is 1. The van der Waals surface area contributed by atoms with Gasteiger partial charge in [0.05, 0.1) is 13.1 Å². The monoisotopic (exact) mass is 475 g/mol. The molecule has 5 heterocycles. The van der Waals surface area contributed by atoms with E-state index in [4.69, 9.17) is 5.10 Å². The third-order valence-corrected chi connectivity index (χ3v) is 7.25. The van der Waals surface area contributed by atoms with Gasteiger partial charge in [-0.05, 0) is 37.3 Å². The summed E-state index contributed by atoms with van der Waals surface area (Å²) < 4.78 is 3.88. The molecule has 0 aromatic carbocycles. The van der Waals surface area contributed by atoms with Gasteiger partial charge in [-0.25, -0.2) is 9.97 Å². The molecule has 1 aliphatic heterocycles. The Labute approximate surface area is 200 Å². The van der Waals surface area contributed by atoms with Gasteiger partial charge in [-0.1, -0.05) is 6.07 Å². The van der Waals surface area contributed by atoms with Crippen molar-refractivity contribution >= 4 is 28.8 Å². The van der Waals surface area contributed by atoms with E-state index in [0.29, 0.717) is 43.4 Å². The van der Waals surface area contributed by atoms with Gasteiger partial charge in [0.15, 0.2) is 5.69 Å². The fourth-order valence-electron chi connectivity index (χ4n) is 4.49. The Bertz CT molecular complexity index is 1380. The van der Waals surface area contributed by atoms with Crippen LogP contribution in [0, 0.1) is 12.8 Å². The summed E-state index contributed by atoms with van der Waals surface area (Å²) in [5, 5.41) is 10.4. The van der Waals surface area contributed by atoms with Crippen LogP contribution in [0.25, 0.3) is 5.65 Å². The number of hydrogen-bond acceptors (Lipinski definition) is 6. The highest BCUT2D eigenvalue weighted by Gasteiger charge is 2.33. The number of carbonyl (C=O) groups is 2. The summed E-state index contributed by atoms with van der Waals surface area (Å²) in [7, 11) is 0. The van der Waals surface area contributed by atoms with Gasteiger partial charge in [-0.15, -0.1) is 11.3 Å². The van der Waals surface area contributed by atoms with Crippen molar-refractivity contribution in [3.8, 4) is 0 Å². The van der Waals surface area contributed by atoms with E-state index < -0.39 is 0 Å². The number of nitrogens with one attached hydrogen (secondary N) is 1. The Morgan fingerprint density at radius 1 is 1.24 bits per heavy atom. The Kier molecular flexibility index (Phi) is 5.17. The second-order valence-electron chi connectivity index (χ2n) is 9.08. The molecule has 10 heteroatoms. The number of aromatic nitrogens is 5. The number of hydrogen-bond donors (Lipinski definition) is 1. The SMILES string of the molecule is Cc1ccc2nc(C(=O)N3CCc4c(c(C(=O)NCc5nccs5)nn4CC4CC4)C3)cn2c1. The van der Waals surface area contributed by atoms with Crippen LogP contribution in [-0.4, -0.2) is 47.4 Å². The van der Waals surface area contributed by atoms with Gasteiger partial charge in [0, 0.05) is 54.7 Å². The predicted octanol–water partition coefficient (Wildman–Crippen LogP) is 2.83. The largest absolute Gasteiger partial charge is 0.344 e. The Morgan fingerprint density at radius 2 is 2.12 bits per heavy atom. The number of rotatable bonds is 6. The van der Waals surface area contributed by atoms with Crippen molar-refractivity contribution in [3.63, 3.8) is 0 Å². The first kappa shape index (κ1) is 21.0. The average Bonchev–Trinajstić information content (AvgIpc) is 3.22. The van der Waals surface area contributed by atoms with Crippen molar-refractivity contribution in [1.82, 2.24) is 34.4 Å². The minimum Gasteiger partial charge on any atom is -0.344 e. The van der Waals surface area contributed by atoms with E-state index in [1.54, 1.807) is 17.3 Å². The van der Waals surface area contributed by atoms with Crippen LogP contribution in [0.1, 0.15) is 55.6 Å². The number of pyridine rings is 1. The number of thiazole rings is 1. The van der Waals surface area contributed by atoms with E-state index in [2.05, 4.69) is 15.3 Å². The number of carbonyl (C=O) groups excluding carboxylic acids is 2. The lowest BCUT2D eigenvalue weighted by Gasteiger charge is -2.27. The minimum absolute atomic E-state index is 0.129. The molecule has 0 spiro atoms. The molecule has 4 aromatic heterocycles. The summed E-state index contributed by atoms with van der Waals surface area (Å²) in [5.74, 6) is 0.283. The van der Waals surface area contributed by atoms with Crippen molar-refractivity contribution < 1.29 is 9.59 Å². The van der Waals surface area contributed by atoms with E-state index in [1.807, 2.05) is 39.7 Å². The highest BCUT2D eigenvalue weighted by Crippen LogP contribution is 2.33. The number of nitrogens with zero attached hydrogens (tertiary/aromatic N) is 6. The summed E-state index contributed by atoms with van der Waals surface area (Å²) in [4.78, 5) is 37.0. The molecule has 0 saturated heterocycles. The third-order valence-electron chi connectivity index (χ3n) is 6.47. The maximum atomic E-state index is 13.3. The van der Waals surface area contributed by atoms with Crippen LogP contribution in [0.2, 0.25) is 0 Å². The fraction of sp³-hybridized carbons (Fsp3) is 0.375. The highest BCUT2D eigenvalue weighted by atomic mass is 32.1. The van der Waals surface area contributed by atoms with Crippen LogP contribution >= 0.6 is 11.3 Å². The van der Waals surface area contributed by atoms with Crippen molar-refractivity contribution in [2.45, 2.75) is 45.8 Å². The lowest BCUT2D eigenvalue weighted by molar-refractivity contribution is 0.0725. The molecule has 0 radical (unpaired) electrons. The molecule has 1 fully saturated rings. The van der Waals surface area contributed by atoms with Crippen LogP contribution < -0.4 is 5.32 Å². The highest BCUT2D eigenvalue weighted by molar-refractivity contribution is 7.09. The lowest BCUT2D eigenvalue weighted by atomic mass is 10.0. The molecule has 4 aromatic rings. The maximum Gasteiger partial charge on any atom is 0.274 e. The first-order valence-electron chi connectivity index (χ1n) is 11.5. The van der Waals surface area contributed by atoms with Crippen molar-refractivity contribution in [2.24, 2.45) is 5.92 Å². The first-order valence-corrected chi connectivity index (χ1v) is 12.4. The van der Waals surface area contributed by atoms with Crippen LogP contribution in [0.5, 0.6) is 0 Å². The quantitative estimate of drug-likeness (QED) is 0.463. The van der Waals surface area contributed by atoms with Gasteiger partial charge in [0.25, 0.3) is 11.8 Å². The van der Waals surface area contributed by atoms with Gasteiger partial charge >= 0.3 is 0 Å². The normalized spacial score (nSPS) is 15.5. The molecule has 2 amide bonds. The minimum atomic E-state index is -0.224. The number of imidazole rings is 1. The molecule has 1 N–H and O–H groups in total. The molecule has 0 bridgehead atoms. The number of fused-ring (bicyclic) bond motifs is 2. The summed E-state index contributed by atoms with van der Waals surface area (Å²) in [5.41, 5.74) is 4.58. The van der Waals surface area contributed by atoms with E-state index in [-0.39, 0.29) is 11.8 Å². The van der Waals surface area contributed by atoms with Crippen molar-refractivity contribution in [3.05, 3.63) is 69.3 Å². The first-order chi connectivity index (χ1) is 16.5. The lowest BCUT2D eigenvalue weighted by Crippen LogP contribution is -2.37.